The SMILES string of the molecule is C=CCNc1nc(NCCc2ccccc2F)cc(-c2ccccc2)n1. The van der Waals surface area contributed by atoms with Crippen LogP contribution in [0.1, 0.15) is 5.56 Å². The average molecular weight is 348 g/mol. The Morgan fingerprint density at radius 2 is 1.73 bits per heavy atom. The molecule has 1 heterocycles. The van der Waals surface area contributed by atoms with Crippen LogP contribution in [0.5, 0.6) is 0 Å². The Morgan fingerprint density at radius 3 is 2.50 bits per heavy atom. The van der Waals surface area contributed by atoms with Crippen molar-refractivity contribution >= 4 is 11.8 Å². The van der Waals surface area contributed by atoms with Gasteiger partial charge in [-0.25, -0.2) is 9.37 Å². The molecule has 0 aliphatic carbocycles. The van der Waals surface area contributed by atoms with Gasteiger partial charge in [0.2, 0.25) is 5.95 Å². The first kappa shape index (κ1) is 17.6. The normalized spacial score (nSPS) is 10.3. The molecule has 0 spiro atoms. The van der Waals surface area contributed by atoms with Gasteiger partial charge in [0.15, 0.2) is 0 Å². The van der Waals surface area contributed by atoms with Crippen LogP contribution in [0.3, 0.4) is 0 Å². The summed E-state index contributed by atoms with van der Waals surface area (Å²) in [5.74, 6) is 1.04. The van der Waals surface area contributed by atoms with Crippen LogP contribution in [0, 0.1) is 5.82 Å². The van der Waals surface area contributed by atoms with Gasteiger partial charge in [-0.3, -0.25) is 0 Å². The summed E-state index contributed by atoms with van der Waals surface area (Å²) in [5, 5.41) is 6.39. The fraction of sp³-hybridized carbons (Fsp3) is 0.143. The summed E-state index contributed by atoms with van der Waals surface area (Å²) < 4.78 is 13.7. The molecule has 2 N–H and O–H groups in total. The number of benzene rings is 2. The summed E-state index contributed by atoms with van der Waals surface area (Å²) in [7, 11) is 0. The van der Waals surface area contributed by atoms with Crippen molar-refractivity contribution < 1.29 is 4.39 Å². The fourth-order valence-corrected chi connectivity index (χ4v) is 2.56. The number of nitrogens with zero attached hydrogens (tertiary/aromatic N) is 2. The Labute approximate surface area is 152 Å². The first-order valence-corrected chi connectivity index (χ1v) is 8.53. The molecule has 0 aliphatic rings. The van der Waals surface area contributed by atoms with Crippen LogP contribution in [0.4, 0.5) is 16.2 Å². The maximum absolute atomic E-state index is 13.7. The molecule has 132 valence electrons. The van der Waals surface area contributed by atoms with Gasteiger partial charge >= 0.3 is 0 Å². The van der Waals surface area contributed by atoms with Crippen molar-refractivity contribution in [3.05, 3.63) is 84.7 Å². The van der Waals surface area contributed by atoms with E-state index in [1.807, 2.05) is 42.5 Å². The zero-order valence-corrected chi connectivity index (χ0v) is 14.5. The van der Waals surface area contributed by atoms with Crippen LogP contribution >= 0.6 is 0 Å². The van der Waals surface area contributed by atoms with Crippen LogP contribution in [-0.2, 0) is 6.42 Å². The van der Waals surface area contributed by atoms with E-state index in [1.54, 1.807) is 18.2 Å². The van der Waals surface area contributed by atoms with E-state index in [0.29, 0.717) is 36.8 Å². The molecule has 4 nitrogen and oxygen atoms in total. The molecule has 0 bridgehead atoms. The number of anilines is 2. The van der Waals surface area contributed by atoms with E-state index in [0.717, 1.165) is 11.3 Å². The van der Waals surface area contributed by atoms with Gasteiger partial charge in [0.1, 0.15) is 11.6 Å². The van der Waals surface area contributed by atoms with Crippen molar-refractivity contribution in [3.8, 4) is 11.3 Å². The highest BCUT2D eigenvalue weighted by Crippen LogP contribution is 2.21. The van der Waals surface area contributed by atoms with Crippen molar-refractivity contribution in [2.45, 2.75) is 6.42 Å². The molecule has 0 fully saturated rings. The average Bonchev–Trinajstić information content (AvgIpc) is 2.68. The summed E-state index contributed by atoms with van der Waals surface area (Å²) in [6.45, 7) is 4.85. The van der Waals surface area contributed by atoms with Gasteiger partial charge < -0.3 is 10.6 Å². The van der Waals surface area contributed by atoms with Crippen molar-refractivity contribution in [2.75, 3.05) is 23.7 Å². The van der Waals surface area contributed by atoms with Crippen LogP contribution in [0.15, 0.2) is 73.3 Å². The maximum Gasteiger partial charge on any atom is 0.225 e. The smallest absolute Gasteiger partial charge is 0.225 e. The number of nitrogens with one attached hydrogen (secondary N) is 2. The standard InChI is InChI=1S/C21H21FN4/c1-2-13-24-21-25-19(17-9-4-3-5-10-17)15-20(26-21)23-14-12-16-8-6-7-11-18(16)22/h2-11,15H,1,12-14H2,(H2,23,24,25,26). The van der Waals surface area contributed by atoms with Gasteiger partial charge in [-0.05, 0) is 18.1 Å². The molecule has 2 aromatic carbocycles. The highest BCUT2D eigenvalue weighted by atomic mass is 19.1. The second-order valence-corrected chi connectivity index (χ2v) is 5.77. The van der Waals surface area contributed by atoms with Crippen LogP contribution in [0.25, 0.3) is 11.3 Å². The van der Waals surface area contributed by atoms with Gasteiger partial charge in [-0.1, -0.05) is 54.6 Å². The van der Waals surface area contributed by atoms with E-state index in [9.17, 15) is 4.39 Å². The van der Waals surface area contributed by atoms with Gasteiger partial charge in [-0.2, -0.15) is 4.98 Å². The van der Waals surface area contributed by atoms with E-state index in [-0.39, 0.29) is 5.82 Å². The molecule has 0 unspecified atom stereocenters. The molecular weight excluding hydrogens is 327 g/mol. The molecule has 0 amide bonds. The van der Waals surface area contributed by atoms with Gasteiger partial charge in [-0.15, -0.1) is 6.58 Å². The molecule has 0 saturated carbocycles. The minimum atomic E-state index is -0.185. The molecular formula is C21H21FN4. The largest absolute Gasteiger partial charge is 0.370 e. The Morgan fingerprint density at radius 1 is 0.962 bits per heavy atom. The zero-order valence-electron chi connectivity index (χ0n) is 14.5. The monoisotopic (exact) mass is 348 g/mol. The predicted octanol–water partition coefficient (Wildman–Crippen LogP) is 4.54. The molecule has 1 aromatic heterocycles. The number of halogens is 1. The summed E-state index contributed by atoms with van der Waals surface area (Å²) in [5.41, 5.74) is 2.51. The van der Waals surface area contributed by atoms with Crippen molar-refractivity contribution in [1.29, 1.82) is 0 Å². The summed E-state index contributed by atoms with van der Waals surface area (Å²) in [4.78, 5) is 9.03. The summed E-state index contributed by atoms with van der Waals surface area (Å²) in [6.07, 6.45) is 2.33. The minimum Gasteiger partial charge on any atom is -0.370 e. The molecule has 0 aliphatic heterocycles. The van der Waals surface area contributed by atoms with E-state index >= 15 is 0 Å². The first-order valence-electron chi connectivity index (χ1n) is 8.53. The molecule has 0 atom stereocenters. The summed E-state index contributed by atoms with van der Waals surface area (Å²) >= 11 is 0. The topological polar surface area (TPSA) is 49.8 Å². The third-order valence-electron chi connectivity index (χ3n) is 3.86. The lowest BCUT2D eigenvalue weighted by atomic mass is 10.1. The zero-order chi connectivity index (χ0) is 18.2. The Kier molecular flexibility index (Phi) is 5.93. The van der Waals surface area contributed by atoms with Gasteiger partial charge in [0.25, 0.3) is 0 Å². The molecule has 3 aromatic rings. The number of aromatic nitrogens is 2. The molecule has 3 rings (SSSR count). The number of hydrogen-bond donors (Lipinski definition) is 2. The van der Waals surface area contributed by atoms with Crippen LogP contribution < -0.4 is 10.6 Å². The van der Waals surface area contributed by atoms with Crippen LogP contribution in [-0.4, -0.2) is 23.1 Å². The number of rotatable bonds is 8. The third-order valence-corrected chi connectivity index (χ3v) is 3.86. The maximum atomic E-state index is 13.7. The van der Waals surface area contributed by atoms with Crippen LogP contribution in [0.2, 0.25) is 0 Å². The van der Waals surface area contributed by atoms with Gasteiger partial charge in [0.05, 0.1) is 5.69 Å². The quantitative estimate of drug-likeness (QED) is 0.587. The van der Waals surface area contributed by atoms with Gasteiger partial charge in [0, 0.05) is 24.7 Å². The van der Waals surface area contributed by atoms with Crippen molar-refractivity contribution in [3.63, 3.8) is 0 Å². The van der Waals surface area contributed by atoms with E-state index in [2.05, 4.69) is 27.2 Å². The molecule has 0 saturated heterocycles. The molecule has 26 heavy (non-hydrogen) atoms. The Hall–Kier alpha value is -3.21. The number of hydrogen-bond acceptors (Lipinski definition) is 4. The lowest BCUT2D eigenvalue weighted by molar-refractivity contribution is 0.610. The second-order valence-electron chi connectivity index (χ2n) is 5.77. The second kappa shape index (κ2) is 8.76. The Balaban J connectivity index is 1.76. The predicted molar refractivity (Wildman–Crippen MR) is 105 cm³/mol. The lowest BCUT2D eigenvalue weighted by Gasteiger charge is -2.11. The van der Waals surface area contributed by atoms with E-state index in [4.69, 9.17) is 0 Å². The van der Waals surface area contributed by atoms with E-state index < -0.39 is 0 Å². The van der Waals surface area contributed by atoms with E-state index in [1.165, 1.54) is 6.07 Å². The third kappa shape index (κ3) is 4.66. The highest BCUT2D eigenvalue weighted by Gasteiger charge is 2.07. The minimum absolute atomic E-state index is 0.185. The lowest BCUT2D eigenvalue weighted by Crippen LogP contribution is -2.10. The fourth-order valence-electron chi connectivity index (χ4n) is 2.56. The van der Waals surface area contributed by atoms with Crippen molar-refractivity contribution in [2.24, 2.45) is 0 Å². The first-order chi connectivity index (χ1) is 12.8. The molecule has 0 radical (unpaired) electrons. The highest BCUT2D eigenvalue weighted by molar-refractivity contribution is 5.64. The van der Waals surface area contributed by atoms with Crippen molar-refractivity contribution in [1.82, 2.24) is 9.97 Å². The molecule has 5 heteroatoms. The Bertz CT molecular complexity index is 865. The summed E-state index contributed by atoms with van der Waals surface area (Å²) in [6, 6.07) is 18.6.